The number of carbonyl (C=O) groups excluding carboxylic acids is 1. The summed E-state index contributed by atoms with van der Waals surface area (Å²) in [6.45, 7) is 2.52. The average molecular weight is 360 g/mol. The highest BCUT2D eigenvalue weighted by Crippen LogP contribution is 2.15. The van der Waals surface area contributed by atoms with Crippen LogP contribution in [0.3, 0.4) is 0 Å². The molecule has 0 aromatic heterocycles. The van der Waals surface area contributed by atoms with Gasteiger partial charge in [-0.1, -0.05) is 12.1 Å². The van der Waals surface area contributed by atoms with Crippen molar-refractivity contribution in [2.45, 2.75) is 11.8 Å². The average Bonchev–Trinajstić information content (AvgIpc) is 2.62. The second-order valence-corrected chi connectivity index (χ2v) is 6.94. The minimum Gasteiger partial charge on any atom is -0.494 e. The second-order valence-electron chi connectivity index (χ2n) is 5.06. The maximum Gasteiger partial charge on any atom is 0.248 e. The van der Waals surface area contributed by atoms with Crippen LogP contribution in [-0.2, 0) is 14.8 Å². The number of amides is 1. The van der Waals surface area contributed by atoms with E-state index in [1.807, 2.05) is 31.2 Å². The summed E-state index contributed by atoms with van der Waals surface area (Å²) < 4.78 is 30.9. The van der Waals surface area contributed by atoms with E-state index in [2.05, 4.69) is 10.0 Å². The van der Waals surface area contributed by atoms with E-state index in [4.69, 9.17) is 4.74 Å². The Kier molecular flexibility index (Phi) is 6.32. The maximum atomic E-state index is 11.9. The molecule has 0 saturated carbocycles. The fourth-order valence-corrected chi connectivity index (χ4v) is 2.76. The van der Waals surface area contributed by atoms with Crippen LogP contribution in [0.4, 0.5) is 5.69 Å². The van der Waals surface area contributed by atoms with Crippen molar-refractivity contribution >= 4 is 27.7 Å². The molecule has 0 unspecified atom stereocenters. The summed E-state index contributed by atoms with van der Waals surface area (Å²) in [6, 6.07) is 13.3. The summed E-state index contributed by atoms with van der Waals surface area (Å²) in [4.78, 5) is 12.1. The van der Waals surface area contributed by atoms with Crippen LogP contribution in [-0.4, -0.2) is 28.0 Å². The molecule has 132 valence electrons. The predicted octanol–water partition coefficient (Wildman–Crippen LogP) is 2.65. The summed E-state index contributed by atoms with van der Waals surface area (Å²) in [5.41, 5.74) is 1.38. The third kappa shape index (κ3) is 5.44. The highest BCUT2D eigenvalue weighted by Gasteiger charge is 2.10. The van der Waals surface area contributed by atoms with Crippen LogP contribution in [0.1, 0.15) is 12.5 Å². The van der Waals surface area contributed by atoms with Crippen molar-refractivity contribution in [3.05, 3.63) is 60.2 Å². The lowest BCUT2D eigenvalue weighted by molar-refractivity contribution is -0.111. The Morgan fingerprint density at radius 2 is 1.72 bits per heavy atom. The van der Waals surface area contributed by atoms with Gasteiger partial charge in [-0.15, -0.1) is 0 Å². The lowest BCUT2D eigenvalue weighted by Crippen LogP contribution is -2.18. The number of sulfonamides is 1. The molecule has 2 N–H and O–H groups in total. The van der Waals surface area contributed by atoms with Gasteiger partial charge in [0, 0.05) is 11.8 Å². The second kappa shape index (κ2) is 8.46. The molecule has 0 spiro atoms. The molecule has 0 radical (unpaired) electrons. The van der Waals surface area contributed by atoms with E-state index in [9.17, 15) is 13.2 Å². The SMILES string of the molecule is CCOc1ccc(/C=C/C(=O)Nc2ccc(S(=O)(=O)NC)cc2)cc1. The van der Waals surface area contributed by atoms with Crippen LogP contribution in [0.15, 0.2) is 59.5 Å². The Hall–Kier alpha value is -2.64. The van der Waals surface area contributed by atoms with Crippen molar-refractivity contribution in [1.82, 2.24) is 4.72 Å². The lowest BCUT2D eigenvalue weighted by Gasteiger charge is -2.05. The summed E-state index contributed by atoms with van der Waals surface area (Å²) in [6.07, 6.45) is 3.10. The molecule has 0 aliphatic rings. The molecule has 7 heteroatoms. The Balaban J connectivity index is 1.97. The standard InChI is InChI=1S/C18H20N2O4S/c1-3-24-16-9-4-14(5-10-16)6-13-18(21)20-15-7-11-17(12-8-15)25(22,23)19-2/h4-13,19H,3H2,1-2H3,(H,20,21)/b13-6+. The summed E-state index contributed by atoms with van der Waals surface area (Å²) in [7, 11) is -2.14. The van der Waals surface area contributed by atoms with Crippen molar-refractivity contribution in [2.75, 3.05) is 19.0 Å². The third-order valence-corrected chi connectivity index (χ3v) is 4.75. The quantitative estimate of drug-likeness (QED) is 0.744. The number of carbonyl (C=O) groups is 1. The highest BCUT2D eigenvalue weighted by molar-refractivity contribution is 7.89. The van der Waals surface area contributed by atoms with Crippen molar-refractivity contribution in [2.24, 2.45) is 0 Å². The van der Waals surface area contributed by atoms with Crippen molar-refractivity contribution < 1.29 is 17.9 Å². The van der Waals surface area contributed by atoms with Gasteiger partial charge in [0.2, 0.25) is 15.9 Å². The molecule has 25 heavy (non-hydrogen) atoms. The van der Waals surface area contributed by atoms with Gasteiger partial charge in [0.15, 0.2) is 0 Å². The normalized spacial score (nSPS) is 11.4. The third-order valence-electron chi connectivity index (χ3n) is 3.32. The molecule has 0 aliphatic heterocycles. The van der Waals surface area contributed by atoms with Gasteiger partial charge in [0.1, 0.15) is 5.75 Å². The molecule has 0 heterocycles. The van der Waals surface area contributed by atoms with Gasteiger partial charge in [-0.2, -0.15) is 0 Å². The van der Waals surface area contributed by atoms with E-state index in [1.165, 1.54) is 37.4 Å². The number of anilines is 1. The Morgan fingerprint density at radius 3 is 2.28 bits per heavy atom. The maximum absolute atomic E-state index is 11.9. The zero-order chi connectivity index (χ0) is 18.3. The summed E-state index contributed by atoms with van der Waals surface area (Å²) in [5.74, 6) is 0.471. The summed E-state index contributed by atoms with van der Waals surface area (Å²) >= 11 is 0. The minimum absolute atomic E-state index is 0.137. The number of hydrogen-bond acceptors (Lipinski definition) is 4. The first-order valence-electron chi connectivity index (χ1n) is 7.70. The fraction of sp³-hybridized carbons (Fsp3) is 0.167. The number of hydrogen-bond donors (Lipinski definition) is 2. The van der Waals surface area contributed by atoms with Crippen LogP contribution in [0.5, 0.6) is 5.75 Å². The zero-order valence-corrected chi connectivity index (χ0v) is 14.8. The van der Waals surface area contributed by atoms with Crippen LogP contribution in [0.25, 0.3) is 6.08 Å². The fourth-order valence-electron chi connectivity index (χ4n) is 2.03. The molecule has 1 amide bonds. The van der Waals surface area contributed by atoms with Crippen LogP contribution in [0, 0.1) is 0 Å². The van der Waals surface area contributed by atoms with Crippen LogP contribution < -0.4 is 14.8 Å². The lowest BCUT2D eigenvalue weighted by atomic mass is 10.2. The van der Waals surface area contributed by atoms with Gasteiger partial charge < -0.3 is 10.1 Å². The van der Waals surface area contributed by atoms with E-state index in [0.717, 1.165) is 11.3 Å². The van der Waals surface area contributed by atoms with E-state index in [0.29, 0.717) is 12.3 Å². The molecular weight excluding hydrogens is 340 g/mol. The molecule has 0 bridgehead atoms. The van der Waals surface area contributed by atoms with Gasteiger partial charge in [-0.25, -0.2) is 13.1 Å². The van der Waals surface area contributed by atoms with Gasteiger partial charge in [-0.05, 0) is 62.0 Å². The number of rotatable bonds is 7. The van der Waals surface area contributed by atoms with E-state index in [-0.39, 0.29) is 10.8 Å². The molecule has 0 atom stereocenters. The number of benzene rings is 2. The monoisotopic (exact) mass is 360 g/mol. The Morgan fingerprint density at radius 1 is 1.08 bits per heavy atom. The van der Waals surface area contributed by atoms with Gasteiger partial charge in [0.05, 0.1) is 11.5 Å². The summed E-state index contributed by atoms with van der Waals surface area (Å²) in [5, 5.41) is 2.67. The smallest absolute Gasteiger partial charge is 0.248 e. The molecule has 0 fully saturated rings. The Labute approximate surface area is 147 Å². The van der Waals surface area contributed by atoms with Crippen LogP contribution in [0.2, 0.25) is 0 Å². The first-order valence-corrected chi connectivity index (χ1v) is 9.18. The molecule has 6 nitrogen and oxygen atoms in total. The molecule has 0 saturated heterocycles. The first-order chi connectivity index (χ1) is 11.9. The zero-order valence-electron chi connectivity index (χ0n) is 14.0. The van der Waals surface area contributed by atoms with Crippen molar-refractivity contribution in [3.8, 4) is 5.75 Å². The van der Waals surface area contributed by atoms with Gasteiger partial charge >= 0.3 is 0 Å². The molecule has 2 aromatic carbocycles. The molecule has 2 aromatic rings. The minimum atomic E-state index is -3.48. The predicted molar refractivity (Wildman–Crippen MR) is 98.0 cm³/mol. The van der Waals surface area contributed by atoms with Crippen LogP contribution >= 0.6 is 0 Å². The molecule has 2 rings (SSSR count). The van der Waals surface area contributed by atoms with E-state index >= 15 is 0 Å². The largest absolute Gasteiger partial charge is 0.494 e. The molecule has 0 aliphatic carbocycles. The number of nitrogens with one attached hydrogen (secondary N) is 2. The topological polar surface area (TPSA) is 84.5 Å². The van der Waals surface area contributed by atoms with Gasteiger partial charge in [-0.3, -0.25) is 4.79 Å². The Bertz CT molecular complexity index is 842. The first kappa shape index (κ1) is 18.7. The van der Waals surface area contributed by atoms with Crippen molar-refractivity contribution in [1.29, 1.82) is 0 Å². The van der Waals surface area contributed by atoms with Crippen molar-refractivity contribution in [3.63, 3.8) is 0 Å². The van der Waals surface area contributed by atoms with Gasteiger partial charge in [0.25, 0.3) is 0 Å². The van der Waals surface area contributed by atoms with E-state index in [1.54, 1.807) is 6.08 Å². The van der Waals surface area contributed by atoms with E-state index < -0.39 is 10.0 Å². The highest BCUT2D eigenvalue weighted by atomic mass is 32.2. The number of ether oxygens (including phenoxy) is 1. The molecular formula is C18H20N2O4S.